The van der Waals surface area contributed by atoms with Crippen LogP contribution in [0.2, 0.25) is 0 Å². The van der Waals surface area contributed by atoms with Crippen LogP contribution in [-0.2, 0) is 9.53 Å². The van der Waals surface area contributed by atoms with Crippen molar-refractivity contribution in [3.05, 3.63) is 28.5 Å². The average molecular weight is 308 g/mol. The number of ether oxygens (including phenoxy) is 1. The predicted octanol–water partition coefficient (Wildman–Crippen LogP) is 2.24. The summed E-state index contributed by atoms with van der Waals surface area (Å²) >= 11 is 1.64. The largest absolute Gasteiger partial charge is 0.383 e. The Morgan fingerprint density at radius 3 is 3.00 bits per heavy atom. The van der Waals surface area contributed by atoms with Gasteiger partial charge < -0.3 is 15.0 Å². The highest BCUT2D eigenvalue weighted by molar-refractivity contribution is 7.10. The summed E-state index contributed by atoms with van der Waals surface area (Å²) in [6.07, 6.45) is 5.80. The van der Waals surface area contributed by atoms with E-state index in [0.717, 1.165) is 50.5 Å². The van der Waals surface area contributed by atoms with Gasteiger partial charge in [-0.05, 0) is 49.4 Å². The Balaban J connectivity index is 1.62. The molecule has 0 atom stereocenters. The third-order valence-electron chi connectivity index (χ3n) is 3.83. The van der Waals surface area contributed by atoms with Crippen LogP contribution in [0.4, 0.5) is 0 Å². The number of rotatable bonds is 7. The van der Waals surface area contributed by atoms with Crippen LogP contribution in [-0.4, -0.2) is 50.7 Å². The first-order chi connectivity index (χ1) is 10.3. The lowest BCUT2D eigenvalue weighted by Crippen LogP contribution is -2.39. The number of hydrogen-bond donors (Lipinski definition) is 1. The van der Waals surface area contributed by atoms with E-state index in [2.05, 4.69) is 10.2 Å². The van der Waals surface area contributed by atoms with Gasteiger partial charge >= 0.3 is 0 Å². The van der Waals surface area contributed by atoms with Crippen LogP contribution in [0.1, 0.15) is 17.7 Å². The molecule has 1 aliphatic rings. The SMILES string of the molecule is COCCN1CCC(CNC(=O)/C=C/c2cccs2)CC1. The van der Waals surface area contributed by atoms with Crippen molar-refractivity contribution >= 4 is 23.3 Å². The van der Waals surface area contributed by atoms with E-state index >= 15 is 0 Å². The molecular formula is C16H24N2O2S. The van der Waals surface area contributed by atoms with Crippen LogP contribution in [0.5, 0.6) is 0 Å². The highest BCUT2D eigenvalue weighted by Gasteiger charge is 2.18. The monoisotopic (exact) mass is 308 g/mol. The zero-order chi connectivity index (χ0) is 14.9. The topological polar surface area (TPSA) is 41.6 Å². The molecule has 0 aliphatic carbocycles. The van der Waals surface area contributed by atoms with E-state index in [-0.39, 0.29) is 5.91 Å². The normalized spacial score (nSPS) is 17.4. The Labute approximate surface area is 130 Å². The van der Waals surface area contributed by atoms with Crippen LogP contribution >= 0.6 is 11.3 Å². The Bertz CT molecular complexity index is 437. The number of nitrogens with one attached hydrogen (secondary N) is 1. The van der Waals surface area contributed by atoms with Crippen molar-refractivity contribution in [2.45, 2.75) is 12.8 Å². The van der Waals surface area contributed by atoms with Crippen molar-refractivity contribution in [3.63, 3.8) is 0 Å². The highest BCUT2D eigenvalue weighted by atomic mass is 32.1. The third-order valence-corrected chi connectivity index (χ3v) is 4.66. The quantitative estimate of drug-likeness (QED) is 0.786. The summed E-state index contributed by atoms with van der Waals surface area (Å²) in [4.78, 5) is 15.3. The Morgan fingerprint density at radius 1 is 1.52 bits per heavy atom. The van der Waals surface area contributed by atoms with Crippen LogP contribution in [0.15, 0.2) is 23.6 Å². The number of thiophene rings is 1. The maximum Gasteiger partial charge on any atom is 0.244 e. The molecule has 1 N–H and O–H groups in total. The summed E-state index contributed by atoms with van der Waals surface area (Å²) < 4.78 is 5.10. The molecule has 0 bridgehead atoms. The molecule has 1 saturated heterocycles. The fraction of sp³-hybridized carbons (Fsp3) is 0.562. The molecule has 0 unspecified atom stereocenters. The van der Waals surface area contributed by atoms with Crippen molar-refractivity contribution in [2.75, 3.05) is 39.9 Å². The summed E-state index contributed by atoms with van der Waals surface area (Å²) in [5.74, 6) is 0.605. The molecule has 1 aliphatic heterocycles. The molecule has 0 spiro atoms. The van der Waals surface area contributed by atoms with E-state index in [1.54, 1.807) is 24.5 Å². The molecule has 4 nitrogen and oxygen atoms in total. The molecule has 1 fully saturated rings. The Hall–Kier alpha value is -1.17. The summed E-state index contributed by atoms with van der Waals surface area (Å²) in [5.41, 5.74) is 0. The Kier molecular flexibility index (Phi) is 6.92. The fourth-order valence-electron chi connectivity index (χ4n) is 2.48. The zero-order valence-corrected chi connectivity index (χ0v) is 13.4. The number of methoxy groups -OCH3 is 1. The second kappa shape index (κ2) is 8.97. The van der Waals surface area contributed by atoms with Crippen LogP contribution in [0, 0.1) is 5.92 Å². The molecule has 0 radical (unpaired) electrons. The first-order valence-corrected chi connectivity index (χ1v) is 8.36. The summed E-state index contributed by atoms with van der Waals surface area (Å²) in [5, 5.41) is 5.02. The van der Waals surface area contributed by atoms with E-state index in [1.807, 2.05) is 23.6 Å². The van der Waals surface area contributed by atoms with Crippen molar-refractivity contribution in [3.8, 4) is 0 Å². The highest BCUT2D eigenvalue weighted by Crippen LogP contribution is 2.16. The molecule has 21 heavy (non-hydrogen) atoms. The number of nitrogens with zero attached hydrogens (tertiary/aromatic N) is 1. The van der Waals surface area contributed by atoms with E-state index in [1.165, 1.54) is 0 Å². The van der Waals surface area contributed by atoms with E-state index < -0.39 is 0 Å². The van der Waals surface area contributed by atoms with E-state index in [0.29, 0.717) is 5.92 Å². The van der Waals surface area contributed by atoms with Gasteiger partial charge in [0, 0.05) is 31.2 Å². The van der Waals surface area contributed by atoms with E-state index in [9.17, 15) is 4.79 Å². The van der Waals surface area contributed by atoms with Gasteiger partial charge in [0.1, 0.15) is 0 Å². The number of likely N-dealkylation sites (tertiary alicyclic amines) is 1. The standard InChI is InChI=1S/C16H24N2O2S/c1-20-11-10-18-8-6-14(7-9-18)13-17-16(19)5-4-15-3-2-12-21-15/h2-5,12,14H,6-11,13H2,1H3,(H,17,19)/b5-4+. The number of piperidine rings is 1. The molecule has 2 heterocycles. The van der Waals surface area contributed by atoms with Gasteiger partial charge in [0.05, 0.1) is 6.61 Å². The van der Waals surface area contributed by atoms with Crippen LogP contribution in [0.25, 0.3) is 6.08 Å². The van der Waals surface area contributed by atoms with Gasteiger partial charge in [0.15, 0.2) is 0 Å². The van der Waals surface area contributed by atoms with Crippen molar-refractivity contribution < 1.29 is 9.53 Å². The van der Waals surface area contributed by atoms with Gasteiger partial charge in [-0.2, -0.15) is 0 Å². The summed E-state index contributed by atoms with van der Waals surface area (Å²) in [6, 6.07) is 3.99. The second-order valence-electron chi connectivity index (χ2n) is 5.37. The first-order valence-electron chi connectivity index (χ1n) is 7.48. The van der Waals surface area contributed by atoms with Gasteiger partial charge in [0.2, 0.25) is 5.91 Å². The lowest BCUT2D eigenvalue weighted by atomic mass is 9.97. The Morgan fingerprint density at radius 2 is 2.33 bits per heavy atom. The molecule has 0 aromatic carbocycles. The number of hydrogen-bond acceptors (Lipinski definition) is 4. The van der Waals surface area contributed by atoms with Gasteiger partial charge in [-0.1, -0.05) is 6.07 Å². The average Bonchev–Trinajstić information content (AvgIpc) is 3.03. The molecule has 116 valence electrons. The second-order valence-corrected chi connectivity index (χ2v) is 6.35. The first kappa shape index (κ1) is 16.2. The molecule has 1 aromatic rings. The number of carbonyl (C=O) groups excluding carboxylic acids is 1. The number of amides is 1. The maximum atomic E-state index is 11.8. The summed E-state index contributed by atoms with van der Waals surface area (Å²) in [7, 11) is 1.74. The van der Waals surface area contributed by atoms with Gasteiger partial charge in [-0.15, -0.1) is 11.3 Å². The lowest BCUT2D eigenvalue weighted by Gasteiger charge is -2.31. The molecular weight excluding hydrogens is 284 g/mol. The smallest absolute Gasteiger partial charge is 0.244 e. The number of carbonyl (C=O) groups is 1. The third kappa shape index (κ3) is 5.99. The minimum Gasteiger partial charge on any atom is -0.383 e. The minimum absolute atomic E-state index is 0.00483. The van der Waals surface area contributed by atoms with Crippen LogP contribution in [0.3, 0.4) is 0 Å². The van der Waals surface area contributed by atoms with Crippen molar-refractivity contribution in [2.24, 2.45) is 5.92 Å². The molecule has 2 rings (SSSR count). The molecule has 0 saturated carbocycles. The van der Waals surface area contributed by atoms with Crippen LogP contribution < -0.4 is 5.32 Å². The van der Waals surface area contributed by atoms with Gasteiger partial charge in [0.25, 0.3) is 0 Å². The maximum absolute atomic E-state index is 11.8. The lowest BCUT2D eigenvalue weighted by molar-refractivity contribution is -0.116. The summed E-state index contributed by atoms with van der Waals surface area (Å²) in [6.45, 7) is 4.81. The molecule has 5 heteroatoms. The zero-order valence-electron chi connectivity index (χ0n) is 12.6. The van der Waals surface area contributed by atoms with Crippen molar-refractivity contribution in [1.29, 1.82) is 0 Å². The van der Waals surface area contributed by atoms with E-state index in [4.69, 9.17) is 4.74 Å². The predicted molar refractivity (Wildman–Crippen MR) is 87.4 cm³/mol. The fourth-order valence-corrected chi connectivity index (χ4v) is 3.10. The van der Waals surface area contributed by atoms with Gasteiger partial charge in [-0.3, -0.25) is 4.79 Å². The van der Waals surface area contributed by atoms with Crippen molar-refractivity contribution in [1.82, 2.24) is 10.2 Å². The molecule has 1 amide bonds. The van der Waals surface area contributed by atoms with Gasteiger partial charge in [-0.25, -0.2) is 0 Å². The minimum atomic E-state index is 0.00483. The molecule has 1 aromatic heterocycles.